The fourth-order valence-corrected chi connectivity index (χ4v) is 4.37. The van der Waals surface area contributed by atoms with Gasteiger partial charge < -0.3 is 0 Å². The van der Waals surface area contributed by atoms with Crippen LogP contribution in [0.1, 0.15) is 22.8 Å². The van der Waals surface area contributed by atoms with Gasteiger partial charge in [-0.1, -0.05) is 42.5 Å². The van der Waals surface area contributed by atoms with Crippen LogP contribution in [0.5, 0.6) is 0 Å². The molecule has 0 aromatic heterocycles. The monoisotopic (exact) mass is 423 g/mol. The number of rotatable bonds is 2. The minimum absolute atomic E-state index is 0. The summed E-state index contributed by atoms with van der Waals surface area (Å²) in [6, 6.07) is 37.6. The quantitative estimate of drug-likeness (QED) is 0.246. The molecule has 1 atom stereocenters. The fourth-order valence-electron chi connectivity index (χ4n) is 3.13. The van der Waals surface area contributed by atoms with Gasteiger partial charge in [-0.2, -0.15) is 42.0 Å². The molecule has 0 bridgehead atoms. The summed E-state index contributed by atoms with van der Waals surface area (Å²) >= 11 is 1.92. The Labute approximate surface area is 181 Å². The van der Waals surface area contributed by atoms with Crippen LogP contribution in [0.15, 0.2) is 119 Å². The van der Waals surface area contributed by atoms with Crippen molar-refractivity contribution in [3.63, 3.8) is 0 Å². The van der Waals surface area contributed by atoms with Gasteiger partial charge in [0, 0.05) is 10.6 Å². The topological polar surface area (TPSA) is 12.4 Å². The Morgan fingerprint density at radius 1 is 0.786 bits per heavy atom. The Hall–Kier alpha value is -2.32. The summed E-state index contributed by atoms with van der Waals surface area (Å²) in [5, 5.41) is 0.414. The first-order chi connectivity index (χ1) is 13.4. The van der Waals surface area contributed by atoms with Crippen molar-refractivity contribution in [1.82, 2.24) is 0 Å². The average molecular weight is 423 g/mol. The predicted molar refractivity (Wildman–Crippen MR) is 116 cm³/mol. The van der Waals surface area contributed by atoms with E-state index < -0.39 is 0 Å². The van der Waals surface area contributed by atoms with Gasteiger partial charge in [0.25, 0.3) is 0 Å². The minimum Gasteiger partial charge on any atom is -0.252 e. The molecule has 0 spiro atoms. The number of aliphatic imine (C=N–C) groups is 1. The number of fused-ring (bicyclic) bond motifs is 1. The molecule has 1 nitrogen and oxygen atoms in total. The molecule has 0 N–H and O–H groups in total. The molecule has 0 saturated heterocycles. The second kappa shape index (κ2) is 10.3. The van der Waals surface area contributed by atoms with Crippen molar-refractivity contribution in [2.75, 3.05) is 0 Å². The number of hydrogen-bond donors (Lipinski definition) is 0. The van der Waals surface area contributed by atoms with E-state index in [1.807, 2.05) is 42.1 Å². The van der Waals surface area contributed by atoms with E-state index in [1.165, 1.54) is 21.7 Å². The van der Waals surface area contributed by atoms with Gasteiger partial charge in [0.1, 0.15) is 0 Å². The fraction of sp³-hybridized carbons (Fsp3) is 0.0800. The molecule has 140 valence electrons. The van der Waals surface area contributed by atoms with Gasteiger partial charge in [0.15, 0.2) is 0 Å². The summed E-state index contributed by atoms with van der Waals surface area (Å²) in [4.78, 5) is 6.23. The van der Waals surface area contributed by atoms with Gasteiger partial charge in [0.2, 0.25) is 0 Å². The van der Waals surface area contributed by atoms with E-state index in [-0.39, 0.29) is 17.1 Å². The molecule has 5 rings (SSSR count). The number of thioether (sulfide) groups is 1. The molecule has 1 heterocycles. The molecule has 0 radical (unpaired) electrons. The summed E-state index contributed by atoms with van der Waals surface area (Å²) < 4.78 is 0. The molecular formula is C25H21FeNS. The van der Waals surface area contributed by atoms with E-state index >= 15 is 0 Å². The standard InChI is InChI=1S/C20H16NS.C5H5.Fe/c1-2-8-15(9-3-1)18-14-20(16-10-4-5-11-16)22-19-13-7-6-12-17(19)21-18;1-2-4-5-3-1;/h1-13,20H,14H2;1-5H;/q2*-1;+2. The molecule has 0 saturated carbocycles. The van der Waals surface area contributed by atoms with Crippen LogP contribution in [0.3, 0.4) is 0 Å². The maximum absolute atomic E-state index is 4.97. The molecule has 3 heteroatoms. The first-order valence-electron chi connectivity index (χ1n) is 9.17. The van der Waals surface area contributed by atoms with Crippen LogP contribution < -0.4 is 0 Å². The van der Waals surface area contributed by atoms with Gasteiger partial charge in [-0.05, 0) is 29.4 Å². The Morgan fingerprint density at radius 2 is 1.54 bits per heavy atom. The van der Waals surface area contributed by atoms with E-state index in [1.54, 1.807) is 0 Å². The van der Waals surface area contributed by atoms with E-state index in [4.69, 9.17) is 4.99 Å². The maximum Gasteiger partial charge on any atom is 2.00 e. The number of hydrogen-bond acceptors (Lipinski definition) is 2. The molecule has 1 aliphatic rings. The van der Waals surface area contributed by atoms with E-state index in [0.717, 1.165) is 12.1 Å². The minimum atomic E-state index is 0. The Balaban J connectivity index is 0.000000329. The summed E-state index contributed by atoms with van der Waals surface area (Å²) in [6.07, 6.45) is 0.952. The third-order valence-electron chi connectivity index (χ3n) is 4.49. The second-order valence-corrected chi connectivity index (χ2v) is 7.63. The summed E-state index contributed by atoms with van der Waals surface area (Å²) in [5.74, 6) is 0. The van der Waals surface area contributed by atoms with E-state index in [0.29, 0.717) is 5.25 Å². The summed E-state index contributed by atoms with van der Waals surface area (Å²) in [7, 11) is 0. The summed E-state index contributed by atoms with van der Waals surface area (Å²) in [5.41, 5.74) is 4.85. The Bertz CT molecular complexity index is 955. The third kappa shape index (κ3) is 5.14. The van der Waals surface area contributed by atoms with Crippen LogP contribution in [-0.4, -0.2) is 5.71 Å². The Morgan fingerprint density at radius 3 is 2.21 bits per heavy atom. The van der Waals surface area contributed by atoms with Gasteiger partial charge in [-0.15, -0.1) is 11.8 Å². The van der Waals surface area contributed by atoms with Gasteiger partial charge in [-0.3, -0.25) is 4.99 Å². The van der Waals surface area contributed by atoms with Crippen molar-refractivity contribution in [3.8, 4) is 0 Å². The third-order valence-corrected chi connectivity index (χ3v) is 5.81. The molecule has 28 heavy (non-hydrogen) atoms. The van der Waals surface area contributed by atoms with Gasteiger partial charge in [0.05, 0.1) is 5.69 Å². The smallest absolute Gasteiger partial charge is 0.252 e. The van der Waals surface area contributed by atoms with Crippen LogP contribution in [0.2, 0.25) is 0 Å². The van der Waals surface area contributed by atoms with Crippen molar-refractivity contribution in [2.45, 2.75) is 16.6 Å². The van der Waals surface area contributed by atoms with Crippen molar-refractivity contribution in [2.24, 2.45) is 4.99 Å². The molecule has 0 fully saturated rings. The normalized spacial score (nSPS) is 15.1. The summed E-state index contributed by atoms with van der Waals surface area (Å²) in [6.45, 7) is 0. The first-order valence-corrected chi connectivity index (χ1v) is 10.0. The molecule has 4 aromatic carbocycles. The molecule has 1 unspecified atom stereocenters. The van der Waals surface area contributed by atoms with Crippen LogP contribution in [0, 0.1) is 0 Å². The van der Waals surface area contributed by atoms with Crippen molar-refractivity contribution in [3.05, 3.63) is 120 Å². The predicted octanol–water partition coefficient (Wildman–Crippen LogP) is 7.17. The zero-order valence-corrected chi connectivity index (χ0v) is 17.3. The molecule has 1 aliphatic heterocycles. The van der Waals surface area contributed by atoms with Crippen LogP contribution in [-0.2, 0) is 17.1 Å². The van der Waals surface area contributed by atoms with Gasteiger partial charge in [-0.25, -0.2) is 18.2 Å². The molecule has 4 aromatic rings. The van der Waals surface area contributed by atoms with E-state index in [9.17, 15) is 0 Å². The number of para-hydroxylation sites is 1. The molecule has 0 amide bonds. The zero-order chi connectivity index (χ0) is 18.3. The Kier molecular flexibility index (Phi) is 7.50. The van der Waals surface area contributed by atoms with Crippen molar-refractivity contribution >= 4 is 23.2 Å². The van der Waals surface area contributed by atoms with Crippen molar-refractivity contribution in [1.29, 1.82) is 0 Å². The van der Waals surface area contributed by atoms with Crippen molar-refractivity contribution < 1.29 is 17.1 Å². The number of benzene rings is 2. The molecular weight excluding hydrogens is 402 g/mol. The first kappa shape index (κ1) is 20.4. The van der Waals surface area contributed by atoms with Crippen LogP contribution >= 0.6 is 11.8 Å². The largest absolute Gasteiger partial charge is 2.00 e. The SMILES string of the molecule is [Fe+2].c1cc[cH-]c1.c1ccc(C2=Nc3ccccc3SC(c3cc[cH-]c3)C2)cc1. The number of nitrogens with zero attached hydrogens (tertiary/aromatic N) is 1. The molecule has 0 aliphatic carbocycles. The van der Waals surface area contributed by atoms with E-state index in [2.05, 4.69) is 78.9 Å². The average Bonchev–Trinajstić information content (AvgIpc) is 3.43. The van der Waals surface area contributed by atoms with Crippen LogP contribution in [0.25, 0.3) is 0 Å². The van der Waals surface area contributed by atoms with Crippen LogP contribution in [0.4, 0.5) is 5.69 Å². The second-order valence-electron chi connectivity index (χ2n) is 6.38. The maximum atomic E-state index is 4.97. The van der Waals surface area contributed by atoms with Gasteiger partial charge >= 0.3 is 17.1 Å². The zero-order valence-electron chi connectivity index (χ0n) is 15.4.